The Kier molecular flexibility index (Phi) is 3.51. The van der Waals surface area contributed by atoms with Crippen molar-refractivity contribution in [1.29, 1.82) is 0 Å². The molecule has 6 heteroatoms. The van der Waals surface area contributed by atoms with Crippen LogP contribution in [0.25, 0.3) is 0 Å². The molecule has 0 saturated carbocycles. The SMILES string of the molecule is CO/N=C(\C)c1cc(C(F)(F)F)ccc1F. The predicted octanol–water partition coefficient (Wildman–Crippen LogP) is 3.21. The first-order valence-corrected chi connectivity index (χ1v) is 4.31. The molecule has 0 radical (unpaired) electrons. The first kappa shape index (κ1) is 12.5. The Hall–Kier alpha value is -1.59. The lowest BCUT2D eigenvalue weighted by Gasteiger charge is -2.09. The maximum Gasteiger partial charge on any atom is 0.416 e. The van der Waals surface area contributed by atoms with Gasteiger partial charge in [-0.1, -0.05) is 5.16 Å². The smallest absolute Gasteiger partial charge is 0.399 e. The van der Waals surface area contributed by atoms with Crippen LogP contribution in [-0.4, -0.2) is 12.8 Å². The Morgan fingerprint density at radius 1 is 1.31 bits per heavy atom. The third kappa shape index (κ3) is 2.71. The third-order valence-corrected chi connectivity index (χ3v) is 1.91. The summed E-state index contributed by atoms with van der Waals surface area (Å²) in [4.78, 5) is 4.38. The van der Waals surface area contributed by atoms with Crippen LogP contribution in [0.1, 0.15) is 18.1 Å². The van der Waals surface area contributed by atoms with E-state index in [4.69, 9.17) is 0 Å². The maximum atomic E-state index is 13.2. The summed E-state index contributed by atoms with van der Waals surface area (Å²) < 4.78 is 50.3. The van der Waals surface area contributed by atoms with Crippen molar-refractivity contribution in [2.24, 2.45) is 5.16 Å². The van der Waals surface area contributed by atoms with Gasteiger partial charge in [0.05, 0.1) is 11.3 Å². The van der Waals surface area contributed by atoms with Gasteiger partial charge in [-0.25, -0.2) is 4.39 Å². The van der Waals surface area contributed by atoms with Gasteiger partial charge in [-0.05, 0) is 25.1 Å². The van der Waals surface area contributed by atoms with Crippen LogP contribution < -0.4 is 0 Å². The van der Waals surface area contributed by atoms with Gasteiger partial charge in [0.25, 0.3) is 0 Å². The molecule has 0 unspecified atom stereocenters. The van der Waals surface area contributed by atoms with Gasteiger partial charge in [0, 0.05) is 5.56 Å². The first-order valence-electron chi connectivity index (χ1n) is 4.31. The molecular formula is C10H9F4NO. The summed E-state index contributed by atoms with van der Waals surface area (Å²) in [5.74, 6) is -0.772. The van der Waals surface area contributed by atoms with Gasteiger partial charge in [0.2, 0.25) is 0 Å². The highest BCUT2D eigenvalue weighted by Crippen LogP contribution is 2.30. The number of hydrogen-bond donors (Lipinski definition) is 0. The van der Waals surface area contributed by atoms with Crippen LogP contribution in [0.4, 0.5) is 17.6 Å². The van der Waals surface area contributed by atoms with E-state index in [0.29, 0.717) is 12.1 Å². The number of nitrogens with zero attached hydrogens (tertiary/aromatic N) is 1. The third-order valence-electron chi connectivity index (χ3n) is 1.91. The van der Waals surface area contributed by atoms with Gasteiger partial charge in [-0.3, -0.25) is 0 Å². The van der Waals surface area contributed by atoms with Crippen molar-refractivity contribution < 1.29 is 22.4 Å². The van der Waals surface area contributed by atoms with Crippen molar-refractivity contribution in [1.82, 2.24) is 0 Å². The van der Waals surface area contributed by atoms with E-state index in [1.807, 2.05) is 0 Å². The van der Waals surface area contributed by atoms with E-state index in [1.165, 1.54) is 14.0 Å². The zero-order valence-electron chi connectivity index (χ0n) is 8.60. The summed E-state index contributed by atoms with van der Waals surface area (Å²) >= 11 is 0. The fourth-order valence-electron chi connectivity index (χ4n) is 1.16. The predicted molar refractivity (Wildman–Crippen MR) is 50.6 cm³/mol. The fourth-order valence-corrected chi connectivity index (χ4v) is 1.16. The highest BCUT2D eigenvalue weighted by Gasteiger charge is 2.31. The number of alkyl halides is 3. The molecule has 16 heavy (non-hydrogen) atoms. The average molecular weight is 235 g/mol. The van der Waals surface area contributed by atoms with E-state index in [0.717, 1.165) is 6.07 Å². The Labute approximate surface area is 89.5 Å². The molecule has 0 bridgehead atoms. The van der Waals surface area contributed by atoms with Crippen LogP contribution >= 0.6 is 0 Å². The topological polar surface area (TPSA) is 21.6 Å². The molecule has 1 aromatic carbocycles. The van der Waals surface area contributed by atoms with Crippen molar-refractivity contribution in [3.8, 4) is 0 Å². The van der Waals surface area contributed by atoms with Crippen LogP contribution in [0.3, 0.4) is 0 Å². The van der Waals surface area contributed by atoms with E-state index < -0.39 is 17.6 Å². The number of halogens is 4. The Morgan fingerprint density at radius 3 is 2.44 bits per heavy atom. The standard InChI is InChI=1S/C10H9F4NO/c1-6(15-16-2)8-5-7(10(12,13)14)3-4-9(8)11/h3-5H,1-2H3/b15-6+. The normalized spacial score (nSPS) is 12.8. The highest BCUT2D eigenvalue weighted by atomic mass is 19.4. The van der Waals surface area contributed by atoms with Crippen LogP contribution in [0.2, 0.25) is 0 Å². The second-order valence-electron chi connectivity index (χ2n) is 3.05. The van der Waals surface area contributed by atoms with Crippen LogP contribution in [0.5, 0.6) is 0 Å². The van der Waals surface area contributed by atoms with Crippen molar-refractivity contribution >= 4 is 5.71 Å². The molecule has 0 atom stereocenters. The van der Waals surface area contributed by atoms with Gasteiger partial charge in [-0.2, -0.15) is 13.2 Å². The average Bonchev–Trinajstić information content (AvgIpc) is 2.16. The fraction of sp³-hybridized carbons (Fsp3) is 0.300. The van der Waals surface area contributed by atoms with E-state index in [9.17, 15) is 17.6 Å². The van der Waals surface area contributed by atoms with Crippen molar-refractivity contribution in [2.75, 3.05) is 7.11 Å². The van der Waals surface area contributed by atoms with E-state index in [1.54, 1.807) is 0 Å². The largest absolute Gasteiger partial charge is 0.416 e. The lowest BCUT2D eigenvalue weighted by molar-refractivity contribution is -0.137. The summed E-state index contributed by atoms with van der Waals surface area (Å²) in [6.45, 7) is 1.36. The van der Waals surface area contributed by atoms with Crippen LogP contribution in [0, 0.1) is 5.82 Å². The minimum atomic E-state index is -4.50. The van der Waals surface area contributed by atoms with Gasteiger partial charge >= 0.3 is 6.18 Å². The van der Waals surface area contributed by atoms with Gasteiger partial charge < -0.3 is 4.84 Å². The second kappa shape index (κ2) is 4.51. The molecule has 0 aliphatic heterocycles. The number of hydrogen-bond acceptors (Lipinski definition) is 2. The summed E-state index contributed by atoms with van der Waals surface area (Å²) in [7, 11) is 1.23. The molecule has 0 aliphatic carbocycles. The van der Waals surface area contributed by atoms with E-state index in [2.05, 4.69) is 9.99 Å². The molecule has 0 fully saturated rings. The van der Waals surface area contributed by atoms with Crippen molar-refractivity contribution in [2.45, 2.75) is 13.1 Å². The van der Waals surface area contributed by atoms with E-state index >= 15 is 0 Å². The Balaban J connectivity index is 3.24. The molecule has 0 spiro atoms. The molecule has 88 valence electrons. The Morgan fingerprint density at radius 2 is 1.94 bits per heavy atom. The number of rotatable bonds is 2. The number of benzene rings is 1. The minimum absolute atomic E-state index is 0.0473. The first-order chi connectivity index (χ1) is 7.36. The second-order valence-corrected chi connectivity index (χ2v) is 3.05. The summed E-state index contributed by atoms with van der Waals surface area (Å²) in [5.41, 5.74) is -1.10. The minimum Gasteiger partial charge on any atom is -0.399 e. The van der Waals surface area contributed by atoms with Gasteiger partial charge in [0.1, 0.15) is 12.9 Å². The molecule has 0 aromatic heterocycles. The van der Waals surface area contributed by atoms with Crippen molar-refractivity contribution in [3.05, 3.63) is 35.1 Å². The molecule has 2 nitrogen and oxygen atoms in total. The highest BCUT2D eigenvalue weighted by molar-refractivity contribution is 5.98. The lowest BCUT2D eigenvalue weighted by Crippen LogP contribution is -2.08. The summed E-state index contributed by atoms with van der Waals surface area (Å²) in [6.07, 6.45) is -4.50. The number of oxime groups is 1. The van der Waals surface area contributed by atoms with Crippen molar-refractivity contribution in [3.63, 3.8) is 0 Å². The monoisotopic (exact) mass is 235 g/mol. The maximum absolute atomic E-state index is 13.2. The zero-order valence-corrected chi connectivity index (χ0v) is 8.60. The quantitative estimate of drug-likeness (QED) is 0.438. The lowest BCUT2D eigenvalue weighted by atomic mass is 10.1. The molecule has 1 aromatic rings. The molecule has 0 saturated heterocycles. The summed E-state index contributed by atoms with van der Waals surface area (Å²) in [5, 5.41) is 3.39. The molecule has 0 N–H and O–H groups in total. The zero-order chi connectivity index (χ0) is 12.3. The van der Waals surface area contributed by atoms with Crippen LogP contribution in [-0.2, 0) is 11.0 Å². The van der Waals surface area contributed by atoms with Crippen LogP contribution in [0.15, 0.2) is 23.4 Å². The molecule has 0 aliphatic rings. The molecule has 1 rings (SSSR count). The molecule has 0 amide bonds. The Bertz CT molecular complexity index is 412. The van der Waals surface area contributed by atoms with Gasteiger partial charge in [-0.15, -0.1) is 0 Å². The summed E-state index contributed by atoms with van der Waals surface area (Å²) in [6, 6.07) is 2.14. The van der Waals surface area contributed by atoms with Gasteiger partial charge in [0.15, 0.2) is 0 Å². The molecule has 0 heterocycles. The molecular weight excluding hydrogens is 226 g/mol. The van der Waals surface area contributed by atoms with E-state index in [-0.39, 0.29) is 11.3 Å².